The van der Waals surface area contributed by atoms with Crippen molar-refractivity contribution in [2.75, 3.05) is 32.9 Å². The van der Waals surface area contributed by atoms with Crippen molar-refractivity contribution in [3.8, 4) is 11.1 Å². The number of amides is 2. The number of hydrogen-bond donors (Lipinski definition) is 2. The quantitative estimate of drug-likeness (QED) is 0.566. The van der Waals surface area contributed by atoms with Crippen LogP contribution >= 0.6 is 0 Å². The third kappa shape index (κ3) is 5.65. The number of alkyl carbamates (subject to hydrolysis) is 1. The van der Waals surface area contributed by atoms with Crippen molar-refractivity contribution in [3.63, 3.8) is 0 Å². The highest BCUT2D eigenvalue weighted by Gasteiger charge is 2.39. The Hall–Kier alpha value is -3.39. The molecule has 0 bridgehead atoms. The average molecular weight is 481 g/mol. The Labute approximate surface area is 205 Å². The second-order valence-corrected chi connectivity index (χ2v) is 9.23. The molecule has 1 aliphatic carbocycles. The van der Waals surface area contributed by atoms with Gasteiger partial charge >= 0.3 is 12.1 Å². The summed E-state index contributed by atoms with van der Waals surface area (Å²) in [7, 11) is 0. The molecule has 2 aliphatic rings. The van der Waals surface area contributed by atoms with Crippen LogP contribution in [-0.2, 0) is 19.1 Å². The molecule has 1 aliphatic heterocycles. The summed E-state index contributed by atoms with van der Waals surface area (Å²) in [5, 5.41) is 12.1. The first-order valence-corrected chi connectivity index (χ1v) is 12.1. The fourth-order valence-corrected chi connectivity index (χ4v) is 5.09. The Balaban J connectivity index is 1.44. The topological polar surface area (TPSA) is 105 Å². The van der Waals surface area contributed by atoms with Gasteiger partial charge in [-0.05, 0) is 41.5 Å². The molecule has 8 heteroatoms. The third-order valence-corrected chi connectivity index (χ3v) is 6.82. The van der Waals surface area contributed by atoms with Gasteiger partial charge in [0.2, 0.25) is 5.91 Å². The summed E-state index contributed by atoms with van der Waals surface area (Å²) in [6, 6.07) is 16.3. The van der Waals surface area contributed by atoms with Crippen LogP contribution in [0.3, 0.4) is 0 Å². The van der Waals surface area contributed by atoms with E-state index in [0.717, 1.165) is 22.3 Å². The highest BCUT2D eigenvalue weighted by atomic mass is 16.5. The van der Waals surface area contributed by atoms with Crippen LogP contribution in [0.25, 0.3) is 11.1 Å². The van der Waals surface area contributed by atoms with Gasteiger partial charge in [0.15, 0.2) is 0 Å². The van der Waals surface area contributed by atoms with Crippen molar-refractivity contribution in [2.24, 2.45) is 0 Å². The van der Waals surface area contributed by atoms with Crippen molar-refractivity contribution in [1.29, 1.82) is 0 Å². The Kier molecular flexibility index (Phi) is 7.70. The van der Waals surface area contributed by atoms with E-state index in [0.29, 0.717) is 39.0 Å². The lowest BCUT2D eigenvalue weighted by atomic mass is 9.86. The van der Waals surface area contributed by atoms with Gasteiger partial charge in [-0.1, -0.05) is 55.5 Å². The van der Waals surface area contributed by atoms with Gasteiger partial charge in [-0.15, -0.1) is 0 Å². The van der Waals surface area contributed by atoms with Gasteiger partial charge < -0.3 is 24.8 Å². The van der Waals surface area contributed by atoms with Crippen LogP contribution in [0.2, 0.25) is 0 Å². The maximum atomic E-state index is 13.0. The zero-order valence-corrected chi connectivity index (χ0v) is 20.0. The Bertz CT molecular complexity index is 1030. The highest BCUT2D eigenvalue weighted by molar-refractivity contribution is 5.83. The van der Waals surface area contributed by atoms with Crippen LogP contribution < -0.4 is 5.32 Å². The van der Waals surface area contributed by atoms with Gasteiger partial charge in [0.05, 0.1) is 12.0 Å². The molecule has 1 saturated heterocycles. The van der Waals surface area contributed by atoms with E-state index in [1.807, 2.05) is 31.2 Å². The number of benzene rings is 2. The largest absolute Gasteiger partial charge is 0.480 e. The minimum absolute atomic E-state index is 0.00777. The lowest BCUT2D eigenvalue weighted by Crippen LogP contribution is -2.55. The maximum Gasteiger partial charge on any atom is 0.407 e. The molecule has 1 fully saturated rings. The van der Waals surface area contributed by atoms with Crippen molar-refractivity contribution < 1.29 is 29.0 Å². The number of rotatable bonds is 9. The second kappa shape index (κ2) is 10.9. The number of ether oxygens (including phenoxy) is 2. The highest BCUT2D eigenvalue weighted by Crippen LogP contribution is 2.44. The van der Waals surface area contributed by atoms with E-state index >= 15 is 0 Å². The third-order valence-electron chi connectivity index (χ3n) is 6.82. The lowest BCUT2D eigenvalue weighted by Gasteiger charge is -2.38. The van der Waals surface area contributed by atoms with Gasteiger partial charge in [0.25, 0.3) is 0 Å². The van der Waals surface area contributed by atoms with Crippen molar-refractivity contribution >= 4 is 18.0 Å². The summed E-state index contributed by atoms with van der Waals surface area (Å²) in [5.74, 6) is -1.41. The fraction of sp³-hybridized carbons (Fsp3) is 0.444. The molecular formula is C27H32N2O6. The number of fused-ring (bicyclic) bond motifs is 3. The molecule has 1 heterocycles. The van der Waals surface area contributed by atoms with Crippen molar-refractivity contribution in [1.82, 2.24) is 10.2 Å². The molecule has 2 amide bonds. The monoisotopic (exact) mass is 480 g/mol. The van der Waals surface area contributed by atoms with Gasteiger partial charge in [-0.3, -0.25) is 9.59 Å². The number of carbonyl (C=O) groups is 3. The zero-order valence-electron chi connectivity index (χ0n) is 20.0. The first-order chi connectivity index (χ1) is 16.9. The summed E-state index contributed by atoms with van der Waals surface area (Å²) >= 11 is 0. The number of carboxylic acids is 1. The molecule has 4 rings (SSSR count). The number of carboxylic acid groups (broad SMARTS) is 1. The Morgan fingerprint density at radius 2 is 1.66 bits per heavy atom. The normalized spacial score (nSPS) is 16.1. The first-order valence-electron chi connectivity index (χ1n) is 12.1. The molecular weight excluding hydrogens is 448 g/mol. The molecule has 0 atom stereocenters. The van der Waals surface area contributed by atoms with Gasteiger partial charge in [-0.25, -0.2) is 4.79 Å². The van der Waals surface area contributed by atoms with Gasteiger partial charge in [-0.2, -0.15) is 0 Å². The van der Waals surface area contributed by atoms with Crippen molar-refractivity contribution in [2.45, 2.75) is 44.1 Å². The molecule has 2 aromatic rings. The summed E-state index contributed by atoms with van der Waals surface area (Å²) in [6.45, 7) is 2.88. The summed E-state index contributed by atoms with van der Waals surface area (Å²) in [5.41, 5.74) is 3.72. The molecule has 0 saturated carbocycles. The van der Waals surface area contributed by atoms with Crippen LogP contribution in [0.4, 0.5) is 4.79 Å². The lowest BCUT2D eigenvalue weighted by molar-refractivity contribution is -0.145. The molecule has 0 spiro atoms. The number of aliphatic carboxylic acids is 1. The van der Waals surface area contributed by atoms with Crippen LogP contribution in [-0.4, -0.2) is 66.4 Å². The molecule has 0 radical (unpaired) electrons. The van der Waals surface area contributed by atoms with E-state index < -0.39 is 17.6 Å². The van der Waals surface area contributed by atoms with Crippen LogP contribution in [0.15, 0.2) is 48.5 Å². The molecule has 2 aromatic carbocycles. The molecule has 0 unspecified atom stereocenters. The van der Waals surface area contributed by atoms with E-state index in [4.69, 9.17) is 9.47 Å². The van der Waals surface area contributed by atoms with E-state index in [1.165, 1.54) is 4.90 Å². The minimum atomic E-state index is -1.06. The molecule has 35 heavy (non-hydrogen) atoms. The number of carbonyl (C=O) groups excluding carboxylic acids is 2. The standard InChI is InChI=1S/C27H32N2O6/c1-2-13-29(17-25(31)32)24(30)16-27(11-14-34-15-12-27)28-26(33)35-18-23-21-9-5-3-7-19(21)20-8-4-6-10-22(20)23/h3-10,23H,2,11-18H2,1H3,(H,28,33)(H,31,32). The predicted octanol–water partition coefficient (Wildman–Crippen LogP) is 3.79. The summed E-state index contributed by atoms with van der Waals surface area (Å²) in [4.78, 5) is 38.5. The fourth-order valence-electron chi connectivity index (χ4n) is 5.09. The Morgan fingerprint density at radius 3 is 2.23 bits per heavy atom. The van der Waals surface area contributed by atoms with E-state index in [1.54, 1.807) is 0 Å². The van der Waals surface area contributed by atoms with Crippen LogP contribution in [0, 0.1) is 0 Å². The van der Waals surface area contributed by atoms with Gasteiger partial charge in [0.1, 0.15) is 13.2 Å². The second-order valence-electron chi connectivity index (χ2n) is 9.23. The van der Waals surface area contributed by atoms with Crippen molar-refractivity contribution in [3.05, 3.63) is 59.7 Å². The van der Waals surface area contributed by atoms with E-state index in [9.17, 15) is 19.5 Å². The summed E-state index contributed by atoms with van der Waals surface area (Å²) < 4.78 is 11.2. The molecule has 8 nitrogen and oxygen atoms in total. The minimum Gasteiger partial charge on any atom is -0.480 e. The Morgan fingerprint density at radius 1 is 1.06 bits per heavy atom. The smallest absolute Gasteiger partial charge is 0.407 e. The maximum absolute atomic E-state index is 13.0. The predicted molar refractivity (Wildman–Crippen MR) is 130 cm³/mol. The first kappa shape index (κ1) is 24.7. The van der Waals surface area contributed by atoms with E-state index in [2.05, 4.69) is 29.6 Å². The summed E-state index contributed by atoms with van der Waals surface area (Å²) in [6.07, 6.45) is 0.983. The van der Waals surface area contributed by atoms with Crippen LogP contribution in [0.5, 0.6) is 0 Å². The molecule has 0 aromatic heterocycles. The van der Waals surface area contributed by atoms with Gasteiger partial charge in [0, 0.05) is 25.7 Å². The molecule has 2 N–H and O–H groups in total. The number of nitrogens with one attached hydrogen (secondary N) is 1. The average Bonchev–Trinajstić information content (AvgIpc) is 3.16. The van der Waals surface area contributed by atoms with Crippen LogP contribution in [0.1, 0.15) is 49.7 Å². The number of nitrogens with zero attached hydrogens (tertiary/aromatic N) is 1. The molecule has 186 valence electrons. The van der Waals surface area contributed by atoms with E-state index in [-0.39, 0.29) is 31.4 Å². The SMILES string of the molecule is CCCN(CC(=O)O)C(=O)CC1(NC(=O)OCC2c3ccccc3-c3ccccc32)CCOCC1. The zero-order chi connectivity index (χ0) is 24.8. The number of hydrogen-bond acceptors (Lipinski definition) is 5.